The topological polar surface area (TPSA) is 63.7 Å². The Morgan fingerprint density at radius 2 is 1.62 bits per heavy atom. The van der Waals surface area contributed by atoms with Gasteiger partial charge in [-0.3, -0.25) is 14.5 Å². The molecule has 2 amide bonds. The van der Waals surface area contributed by atoms with Gasteiger partial charge in [0.15, 0.2) is 0 Å². The highest BCUT2D eigenvalue weighted by molar-refractivity contribution is 14.1. The maximum atomic E-state index is 12.7. The van der Waals surface area contributed by atoms with Crippen molar-refractivity contribution in [3.8, 4) is 5.75 Å². The molecular formula is C24H15ClINO4S. The van der Waals surface area contributed by atoms with E-state index in [1.807, 2.05) is 24.3 Å². The first-order chi connectivity index (χ1) is 15.4. The van der Waals surface area contributed by atoms with Crippen molar-refractivity contribution in [1.82, 2.24) is 4.90 Å². The van der Waals surface area contributed by atoms with Crippen LogP contribution in [0.1, 0.15) is 21.5 Å². The molecule has 0 radical (unpaired) electrons. The standard InChI is InChI=1S/C24H15ClINO4S/c25-18-7-5-17(6-8-18)23(29)31-20-11-3-15(4-12-20)13-21-22(28)27(24(30)32-21)14-16-1-9-19(26)10-2-16/h1-13H,14H2/b21-13-. The Labute approximate surface area is 207 Å². The Balaban J connectivity index is 1.42. The third kappa shape index (κ3) is 5.40. The molecule has 0 saturated carbocycles. The number of rotatable bonds is 5. The number of carbonyl (C=O) groups is 3. The molecule has 160 valence electrons. The van der Waals surface area contributed by atoms with Crippen molar-refractivity contribution in [1.29, 1.82) is 0 Å². The highest BCUT2D eigenvalue weighted by Crippen LogP contribution is 2.33. The van der Waals surface area contributed by atoms with Crippen LogP contribution in [0, 0.1) is 3.57 Å². The molecule has 5 nitrogen and oxygen atoms in total. The van der Waals surface area contributed by atoms with Crippen LogP contribution in [-0.4, -0.2) is 22.0 Å². The lowest BCUT2D eigenvalue weighted by atomic mass is 10.2. The Morgan fingerprint density at radius 1 is 0.969 bits per heavy atom. The maximum absolute atomic E-state index is 12.7. The summed E-state index contributed by atoms with van der Waals surface area (Å²) >= 11 is 8.95. The fourth-order valence-corrected chi connectivity index (χ4v) is 4.27. The molecule has 0 spiro atoms. The summed E-state index contributed by atoms with van der Waals surface area (Å²) in [6.45, 7) is 0.235. The summed E-state index contributed by atoms with van der Waals surface area (Å²) in [4.78, 5) is 38.9. The second kappa shape index (κ2) is 9.89. The quantitative estimate of drug-likeness (QED) is 0.152. The van der Waals surface area contributed by atoms with Gasteiger partial charge in [0.05, 0.1) is 17.0 Å². The predicted molar refractivity (Wildman–Crippen MR) is 134 cm³/mol. The summed E-state index contributed by atoms with van der Waals surface area (Å²) in [5.41, 5.74) is 2.00. The molecule has 0 atom stereocenters. The van der Waals surface area contributed by atoms with E-state index < -0.39 is 5.97 Å². The maximum Gasteiger partial charge on any atom is 0.343 e. The van der Waals surface area contributed by atoms with Gasteiger partial charge in [-0.15, -0.1) is 0 Å². The van der Waals surface area contributed by atoms with Crippen molar-refractivity contribution >= 4 is 69.1 Å². The highest BCUT2D eigenvalue weighted by Gasteiger charge is 2.34. The molecule has 3 aromatic carbocycles. The number of hydrogen-bond acceptors (Lipinski definition) is 5. The number of benzene rings is 3. The number of esters is 1. The van der Waals surface area contributed by atoms with Gasteiger partial charge < -0.3 is 4.74 Å². The number of imide groups is 1. The fourth-order valence-electron chi connectivity index (χ4n) is 2.94. The van der Waals surface area contributed by atoms with Gasteiger partial charge in [0.1, 0.15) is 5.75 Å². The number of hydrogen-bond donors (Lipinski definition) is 0. The molecule has 0 N–H and O–H groups in total. The molecule has 0 aromatic heterocycles. The van der Waals surface area contributed by atoms with Crippen LogP contribution >= 0.6 is 46.0 Å². The van der Waals surface area contributed by atoms with Crippen LogP contribution in [0.25, 0.3) is 6.08 Å². The predicted octanol–water partition coefficient (Wildman–Crippen LogP) is 6.40. The smallest absolute Gasteiger partial charge is 0.343 e. The van der Waals surface area contributed by atoms with E-state index in [1.54, 1.807) is 54.6 Å². The van der Waals surface area contributed by atoms with Gasteiger partial charge in [-0.1, -0.05) is 35.9 Å². The van der Waals surface area contributed by atoms with Gasteiger partial charge in [0, 0.05) is 8.59 Å². The Morgan fingerprint density at radius 3 is 2.28 bits per heavy atom. The monoisotopic (exact) mass is 575 g/mol. The minimum Gasteiger partial charge on any atom is -0.423 e. The molecule has 0 aliphatic carbocycles. The number of carbonyl (C=O) groups excluding carboxylic acids is 3. The third-order valence-corrected chi connectivity index (χ3v) is 6.47. The van der Waals surface area contributed by atoms with E-state index in [2.05, 4.69) is 22.6 Å². The Kier molecular flexibility index (Phi) is 6.98. The van der Waals surface area contributed by atoms with Crippen molar-refractivity contribution in [2.24, 2.45) is 0 Å². The molecular weight excluding hydrogens is 561 g/mol. The third-order valence-electron chi connectivity index (χ3n) is 4.60. The zero-order chi connectivity index (χ0) is 22.7. The van der Waals surface area contributed by atoms with Gasteiger partial charge in [-0.2, -0.15) is 0 Å². The van der Waals surface area contributed by atoms with E-state index in [4.69, 9.17) is 16.3 Å². The largest absolute Gasteiger partial charge is 0.423 e. The summed E-state index contributed by atoms with van der Waals surface area (Å²) in [6.07, 6.45) is 1.66. The van der Waals surface area contributed by atoms with E-state index >= 15 is 0 Å². The minimum absolute atomic E-state index is 0.235. The number of halogens is 2. The average molecular weight is 576 g/mol. The molecule has 0 unspecified atom stereocenters. The normalized spacial score (nSPS) is 14.8. The molecule has 4 rings (SSSR count). The Hall–Kier alpha value is -2.62. The van der Waals surface area contributed by atoms with Gasteiger partial charge in [-0.05, 0) is 100 Å². The summed E-state index contributed by atoms with van der Waals surface area (Å²) in [7, 11) is 0. The first-order valence-corrected chi connectivity index (χ1v) is 11.7. The van der Waals surface area contributed by atoms with E-state index in [0.29, 0.717) is 21.2 Å². The lowest BCUT2D eigenvalue weighted by Crippen LogP contribution is -2.27. The van der Waals surface area contributed by atoms with Crippen molar-refractivity contribution in [3.05, 3.63) is 103 Å². The zero-order valence-electron chi connectivity index (χ0n) is 16.5. The van der Waals surface area contributed by atoms with Crippen LogP contribution in [0.3, 0.4) is 0 Å². The van der Waals surface area contributed by atoms with Crippen LogP contribution in [0.4, 0.5) is 4.79 Å². The summed E-state index contributed by atoms with van der Waals surface area (Å²) in [5.74, 6) is -0.447. The Bertz CT molecular complexity index is 1210. The van der Waals surface area contributed by atoms with Gasteiger partial charge >= 0.3 is 5.97 Å². The molecule has 1 fully saturated rings. The second-order valence-electron chi connectivity index (χ2n) is 6.86. The van der Waals surface area contributed by atoms with E-state index in [0.717, 1.165) is 26.5 Å². The number of amides is 2. The van der Waals surface area contributed by atoms with E-state index in [-0.39, 0.29) is 17.7 Å². The molecule has 32 heavy (non-hydrogen) atoms. The molecule has 1 heterocycles. The SMILES string of the molecule is O=C(Oc1ccc(/C=C2\SC(=O)N(Cc3ccc(I)cc3)C2=O)cc1)c1ccc(Cl)cc1. The lowest BCUT2D eigenvalue weighted by Gasteiger charge is -2.12. The summed E-state index contributed by atoms with van der Waals surface area (Å²) < 4.78 is 6.44. The minimum atomic E-state index is -0.494. The van der Waals surface area contributed by atoms with Crippen molar-refractivity contribution in [2.75, 3.05) is 0 Å². The summed E-state index contributed by atoms with van der Waals surface area (Å²) in [5, 5.41) is 0.238. The van der Waals surface area contributed by atoms with E-state index in [1.165, 1.54) is 4.90 Å². The summed E-state index contributed by atoms with van der Waals surface area (Å²) in [6, 6.07) is 20.8. The fraction of sp³-hybridized carbons (Fsp3) is 0.0417. The van der Waals surface area contributed by atoms with Crippen LogP contribution in [0.5, 0.6) is 5.75 Å². The van der Waals surface area contributed by atoms with Gasteiger partial charge in [0.2, 0.25) is 0 Å². The first-order valence-electron chi connectivity index (χ1n) is 9.47. The average Bonchev–Trinajstić information content (AvgIpc) is 3.04. The van der Waals surface area contributed by atoms with Crippen LogP contribution in [-0.2, 0) is 11.3 Å². The number of ether oxygens (including phenoxy) is 1. The van der Waals surface area contributed by atoms with Crippen molar-refractivity contribution < 1.29 is 19.1 Å². The molecule has 1 aliphatic heterocycles. The van der Waals surface area contributed by atoms with Crippen molar-refractivity contribution in [2.45, 2.75) is 6.54 Å². The van der Waals surface area contributed by atoms with Crippen molar-refractivity contribution in [3.63, 3.8) is 0 Å². The zero-order valence-corrected chi connectivity index (χ0v) is 20.2. The van der Waals surface area contributed by atoms with Gasteiger partial charge in [0.25, 0.3) is 11.1 Å². The lowest BCUT2D eigenvalue weighted by molar-refractivity contribution is -0.123. The first kappa shape index (κ1) is 22.6. The van der Waals surface area contributed by atoms with Crippen LogP contribution in [0.2, 0.25) is 5.02 Å². The second-order valence-corrected chi connectivity index (χ2v) is 9.54. The number of nitrogens with zero attached hydrogens (tertiary/aromatic N) is 1. The molecule has 8 heteroatoms. The highest BCUT2D eigenvalue weighted by atomic mass is 127. The molecule has 1 saturated heterocycles. The molecule has 3 aromatic rings. The number of thioether (sulfide) groups is 1. The van der Waals surface area contributed by atoms with Crippen LogP contribution in [0.15, 0.2) is 77.7 Å². The van der Waals surface area contributed by atoms with Gasteiger partial charge in [-0.25, -0.2) is 4.79 Å². The van der Waals surface area contributed by atoms with E-state index in [9.17, 15) is 14.4 Å². The molecule has 1 aliphatic rings. The van der Waals surface area contributed by atoms with Crippen LogP contribution < -0.4 is 4.74 Å². The molecule has 0 bridgehead atoms.